The molecule has 0 spiro atoms. The Morgan fingerprint density at radius 1 is 1.53 bits per heavy atom. The second-order valence-corrected chi connectivity index (χ2v) is 5.25. The van der Waals surface area contributed by atoms with Gasteiger partial charge in [0, 0.05) is 13.2 Å². The van der Waals surface area contributed by atoms with Crippen LogP contribution in [-0.2, 0) is 4.79 Å². The highest BCUT2D eigenvalue weighted by Crippen LogP contribution is 2.22. The Labute approximate surface area is 115 Å². The SMILES string of the molecule is CC(CO)CNC(=O)CSc1nc2ccccc2o1. The van der Waals surface area contributed by atoms with Crippen molar-refractivity contribution in [2.45, 2.75) is 12.1 Å². The Morgan fingerprint density at radius 3 is 3.05 bits per heavy atom. The predicted molar refractivity (Wildman–Crippen MR) is 74.0 cm³/mol. The Kier molecular flexibility index (Phi) is 4.81. The summed E-state index contributed by atoms with van der Waals surface area (Å²) in [5.41, 5.74) is 1.51. The van der Waals surface area contributed by atoms with Crippen molar-refractivity contribution in [1.29, 1.82) is 0 Å². The molecule has 1 aromatic heterocycles. The molecule has 19 heavy (non-hydrogen) atoms. The first-order valence-electron chi connectivity index (χ1n) is 6.05. The van der Waals surface area contributed by atoms with E-state index in [9.17, 15) is 4.79 Å². The minimum absolute atomic E-state index is 0.0678. The molecule has 5 nitrogen and oxygen atoms in total. The van der Waals surface area contributed by atoms with Crippen LogP contribution in [0.1, 0.15) is 6.92 Å². The van der Waals surface area contributed by atoms with Gasteiger partial charge in [0.15, 0.2) is 5.58 Å². The Morgan fingerprint density at radius 2 is 2.32 bits per heavy atom. The van der Waals surface area contributed by atoms with Gasteiger partial charge >= 0.3 is 0 Å². The average Bonchev–Trinajstić information content (AvgIpc) is 2.85. The summed E-state index contributed by atoms with van der Waals surface area (Å²) in [5.74, 6) is 0.233. The monoisotopic (exact) mass is 280 g/mol. The Hall–Kier alpha value is -1.53. The standard InChI is InChI=1S/C13H16N2O3S/c1-9(7-16)6-14-12(17)8-19-13-15-10-4-2-3-5-11(10)18-13/h2-5,9,16H,6-8H2,1H3,(H,14,17). The third kappa shape index (κ3) is 3.97. The number of thioether (sulfide) groups is 1. The fraction of sp³-hybridized carbons (Fsp3) is 0.385. The molecule has 2 aromatic rings. The van der Waals surface area contributed by atoms with E-state index >= 15 is 0 Å². The van der Waals surface area contributed by atoms with E-state index in [-0.39, 0.29) is 24.2 Å². The van der Waals surface area contributed by atoms with E-state index in [1.807, 2.05) is 31.2 Å². The highest BCUT2D eigenvalue weighted by molar-refractivity contribution is 7.99. The zero-order valence-corrected chi connectivity index (χ0v) is 11.4. The maximum atomic E-state index is 11.6. The summed E-state index contributed by atoms with van der Waals surface area (Å²) in [6.07, 6.45) is 0. The van der Waals surface area contributed by atoms with Crippen LogP contribution in [0.25, 0.3) is 11.1 Å². The molecule has 2 rings (SSSR count). The Bertz CT molecular complexity index is 523. The number of benzene rings is 1. The highest BCUT2D eigenvalue weighted by atomic mass is 32.2. The van der Waals surface area contributed by atoms with Gasteiger partial charge in [0.2, 0.25) is 5.91 Å². The average molecular weight is 280 g/mol. The van der Waals surface area contributed by atoms with Crippen LogP contribution in [0.4, 0.5) is 0 Å². The van der Waals surface area contributed by atoms with Gasteiger partial charge in [-0.2, -0.15) is 0 Å². The van der Waals surface area contributed by atoms with E-state index in [2.05, 4.69) is 10.3 Å². The lowest BCUT2D eigenvalue weighted by Crippen LogP contribution is -2.30. The second kappa shape index (κ2) is 6.58. The Balaban J connectivity index is 1.83. The number of aliphatic hydroxyl groups is 1. The number of hydrogen-bond acceptors (Lipinski definition) is 5. The molecule has 0 aliphatic heterocycles. The first kappa shape index (κ1) is 13.9. The van der Waals surface area contributed by atoms with Crippen molar-refractivity contribution >= 4 is 28.8 Å². The van der Waals surface area contributed by atoms with Crippen molar-refractivity contribution in [2.24, 2.45) is 5.92 Å². The number of rotatable bonds is 6. The lowest BCUT2D eigenvalue weighted by atomic mass is 10.2. The third-order valence-corrected chi connectivity index (χ3v) is 3.39. The maximum Gasteiger partial charge on any atom is 0.257 e. The number of carbonyl (C=O) groups excluding carboxylic acids is 1. The van der Waals surface area contributed by atoms with E-state index in [1.165, 1.54) is 11.8 Å². The van der Waals surface area contributed by atoms with Crippen LogP contribution in [0.5, 0.6) is 0 Å². The fourth-order valence-electron chi connectivity index (χ4n) is 1.44. The van der Waals surface area contributed by atoms with Crippen LogP contribution in [0, 0.1) is 5.92 Å². The summed E-state index contributed by atoms with van der Waals surface area (Å²) in [5, 5.41) is 12.1. The lowest BCUT2D eigenvalue weighted by molar-refractivity contribution is -0.118. The van der Waals surface area contributed by atoms with Crippen LogP contribution < -0.4 is 5.32 Å². The molecule has 1 atom stereocenters. The smallest absolute Gasteiger partial charge is 0.257 e. The third-order valence-electron chi connectivity index (χ3n) is 2.56. The number of carbonyl (C=O) groups is 1. The molecule has 1 unspecified atom stereocenters. The van der Waals surface area contributed by atoms with E-state index in [0.717, 1.165) is 11.1 Å². The lowest BCUT2D eigenvalue weighted by Gasteiger charge is -2.08. The van der Waals surface area contributed by atoms with Gasteiger partial charge in [0.25, 0.3) is 5.22 Å². The summed E-state index contributed by atoms with van der Waals surface area (Å²) in [6, 6.07) is 7.48. The zero-order chi connectivity index (χ0) is 13.7. The zero-order valence-electron chi connectivity index (χ0n) is 10.6. The number of aliphatic hydroxyl groups excluding tert-OH is 1. The first-order valence-corrected chi connectivity index (χ1v) is 7.03. The maximum absolute atomic E-state index is 11.6. The van der Waals surface area contributed by atoms with Gasteiger partial charge in [0.1, 0.15) is 5.52 Å². The minimum atomic E-state index is -0.0902. The molecule has 1 amide bonds. The number of para-hydroxylation sites is 2. The molecule has 0 fully saturated rings. The minimum Gasteiger partial charge on any atom is -0.431 e. The number of hydrogen-bond donors (Lipinski definition) is 2. The molecule has 1 heterocycles. The summed E-state index contributed by atoms with van der Waals surface area (Å²) >= 11 is 1.26. The van der Waals surface area contributed by atoms with Crippen molar-refractivity contribution in [3.05, 3.63) is 24.3 Å². The topological polar surface area (TPSA) is 75.4 Å². The molecule has 0 bridgehead atoms. The first-order chi connectivity index (χ1) is 9.19. The molecule has 0 aliphatic rings. The number of nitrogens with zero attached hydrogens (tertiary/aromatic N) is 1. The largest absolute Gasteiger partial charge is 0.431 e. The number of fused-ring (bicyclic) bond motifs is 1. The van der Waals surface area contributed by atoms with E-state index in [0.29, 0.717) is 11.8 Å². The van der Waals surface area contributed by atoms with Crippen molar-refractivity contribution in [3.63, 3.8) is 0 Å². The quantitative estimate of drug-likeness (QED) is 0.787. The van der Waals surface area contributed by atoms with Crippen LogP contribution in [-0.4, -0.2) is 34.9 Å². The molecule has 2 N–H and O–H groups in total. The summed E-state index contributed by atoms with van der Waals surface area (Å²) in [6.45, 7) is 2.41. The molecule has 102 valence electrons. The summed E-state index contributed by atoms with van der Waals surface area (Å²) in [4.78, 5) is 15.8. The van der Waals surface area contributed by atoms with Crippen molar-refractivity contribution in [3.8, 4) is 0 Å². The molecule has 1 aromatic carbocycles. The fourth-order valence-corrected chi connectivity index (χ4v) is 2.11. The number of nitrogens with one attached hydrogen (secondary N) is 1. The van der Waals surface area contributed by atoms with Gasteiger partial charge in [-0.1, -0.05) is 30.8 Å². The molecule has 0 saturated carbocycles. The van der Waals surface area contributed by atoms with Gasteiger partial charge in [-0.25, -0.2) is 4.98 Å². The van der Waals surface area contributed by atoms with Crippen LogP contribution in [0.15, 0.2) is 33.9 Å². The number of amides is 1. The number of oxazole rings is 1. The van der Waals surface area contributed by atoms with Gasteiger partial charge in [0.05, 0.1) is 5.75 Å². The molecule has 0 aliphatic carbocycles. The van der Waals surface area contributed by atoms with Crippen LogP contribution >= 0.6 is 11.8 Å². The second-order valence-electron chi connectivity index (χ2n) is 4.33. The van der Waals surface area contributed by atoms with Gasteiger partial charge in [-0.05, 0) is 18.1 Å². The van der Waals surface area contributed by atoms with E-state index in [4.69, 9.17) is 9.52 Å². The molecule has 6 heteroatoms. The van der Waals surface area contributed by atoms with Gasteiger partial charge in [-0.15, -0.1) is 0 Å². The van der Waals surface area contributed by atoms with Crippen LogP contribution in [0.2, 0.25) is 0 Å². The van der Waals surface area contributed by atoms with Gasteiger partial charge in [-0.3, -0.25) is 4.79 Å². The summed E-state index contributed by atoms with van der Waals surface area (Å²) in [7, 11) is 0. The normalized spacial score (nSPS) is 12.5. The molecular weight excluding hydrogens is 264 g/mol. The van der Waals surface area contributed by atoms with Crippen molar-refractivity contribution < 1.29 is 14.3 Å². The molecule has 0 saturated heterocycles. The number of aromatic nitrogens is 1. The predicted octanol–water partition coefficient (Wildman–Crippen LogP) is 1.66. The van der Waals surface area contributed by atoms with E-state index in [1.54, 1.807) is 0 Å². The van der Waals surface area contributed by atoms with Gasteiger partial charge < -0.3 is 14.8 Å². The van der Waals surface area contributed by atoms with E-state index < -0.39 is 0 Å². The highest BCUT2D eigenvalue weighted by Gasteiger charge is 2.09. The van der Waals surface area contributed by atoms with Crippen LogP contribution in [0.3, 0.4) is 0 Å². The van der Waals surface area contributed by atoms with Crippen molar-refractivity contribution in [2.75, 3.05) is 18.9 Å². The molecular formula is C13H16N2O3S. The summed E-state index contributed by atoms with van der Waals surface area (Å²) < 4.78 is 5.50. The molecule has 0 radical (unpaired) electrons. The van der Waals surface area contributed by atoms with Crippen molar-refractivity contribution in [1.82, 2.24) is 10.3 Å².